The van der Waals surface area contributed by atoms with E-state index in [0.717, 1.165) is 3.97 Å². The highest BCUT2D eigenvalue weighted by atomic mass is 32.2. The normalized spacial score (nSPS) is 15.3. The summed E-state index contributed by atoms with van der Waals surface area (Å²) in [5.74, 6) is -0.342. The molecule has 0 unspecified atom stereocenters. The first-order valence-electron chi connectivity index (χ1n) is 8.23. The number of carbonyl (C=O) groups is 1. The number of nitrogens with zero attached hydrogens (tertiary/aromatic N) is 3. The van der Waals surface area contributed by atoms with E-state index in [1.54, 1.807) is 41.3 Å². The lowest BCUT2D eigenvalue weighted by molar-refractivity contribution is 0.0298. The van der Waals surface area contributed by atoms with Crippen molar-refractivity contribution in [3.8, 4) is 0 Å². The highest BCUT2D eigenvalue weighted by molar-refractivity contribution is 7.90. The van der Waals surface area contributed by atoms with Crippen molar-refractivity contribution in [3.63, 3.8) is 0 Å². The van der Waals surface area contributed by atoms with E-state index in [9.17, 15) is 13.2 Å². The predicted molar refractivity (Wildman–Crippen MR) is 95.5 cm³/mol. The minimum absolute atomic E-state index is 0.0875. The summed E-state index contributed by atoms with van der Waals surface area (Å²) in [6.07, 6.45) is 1.52. The van der Waals surface area contributed by atoms with E-state index in [2.05, 4.69) is 4.98 Å². The highest BCUT2D eigenvalue weighted by Crippen LogP contribution is 2.25. The van der Waals surface area contributed by atoms with Gasteiger partial charge in [0.05, 0.1) is 18.1 Å². The monoisotopic (exact) mass is 371 g/mol. The summed E-state index contributed by atoms with van der Waals surface area (Å²) >= 11 is 0. The molecule has 1 saturated heterocycles. The molecule has 2 aromatic heterocycles. The molecule has 0 aliphatic carbocycles. The predicted octanol–water partition coefficient (Wildman–Crippen LogP) is 1.75. The molecule has 1 aliphatic rings. The molecule has 4 rings (SSSR count). The van der Waals surface area contributed by atoms with Crippen molar-refractivity contribution in [3.05, 3.63) is 60.4 Å². The molecule has 1 aromatic carbocycles. The molecular weight excluding hydrogens is 354 g/mol. The van der Waals surface area contributed by atoms with Gasteiger partial charge >= 0.3 is 0 Å². The second kappa shape index (κ2) is 6.54. The molecule has 3 aromatic rings. The van der Waals surface area contributed by atoms with Gasteiger partial charge in [0, 0.05) is 24.7 Å². The van der Waals surface area contributed by atoms with E-state index < -0.39 is 10.0 Å². The first-order valence-corrected chi connectivity index (χ1v) is 9.67. The first-order chi connectivity index (χ1) is 12.6. The summed E-state index contributed by atoms with van der Waals surface area (Å²) in [6.45, 7) is 1.74. The number of rotatable bonds is 3. The number of hydrogen-bond acceptors (Lipinski definition) is 5. The van der Waals surface area contributed by atoms with Crippen LogP contribution in [0.15, 0.2) is 59.6 Å². The van der Waals surface area contributed by atoms with Crippen LogP contribution in [0, 0.1) is 0 Å². The number of ether oxygens (including phenoxy) is 1. The van der Waals surface area contributed by atoms with Crippen LogP contribution in [-0.4, -0.2) is 54.5 Å². The van der Waals surface area contributed by atoms with Gasteiger partial charge in [-0.05, 0) is 30.3 Å². The largest absolute Gasteiger partial charge is 0.378 e. The maximum Gasteiger partial charge on any atom is 0.271 e. The molecule has 26 heavy (non-hydrogen) atoms. The average Bonchev–Trinajstić information content (AvgIpc) is 3.09. The van der Waals surface area contributed by atoms with Crippen LogP contribution in [0.4, 0.5) is 0 Å². The fourth-order valence-corrected chi connectivity index (χ4v) is 4.51. The van der Waals surface area contributed by atoms with E-state index >= 15 is 0 Å². The summed E-state index contributed by atoms with van der Waals surface area (Å²) in [5.41, 5.74) is 0.331. The van der Waals surface area contributed by atoms with E-state index in [1.807, 2.05) is 0 Å². The van der Waals surface area contributed by atoms with Crippen LogP contribution < -0.4 is 0 Å². The third-order valence-electron chi connectivity index (χ3n) is 4.32. The zero-order chi connectivity index (χ0) is 18.1. The summed E-state index contributed by atoms with van der Waals surface area (Å²) in [6, 6.07) is 13.1. The lowest BCUT2D eigenvalue weighted by Gasteiger charge is -2.27. The molecule has 7 nitrogen and oxygen atoms in total. The molecule has 0 bridgehead atoms. The smallest absolute Gasteiger partial charge is 0.271 e. The van der Waals surface area contributed by atoms with Gasteiger partial charge in [-0.25, -0.2) is 17.4 Å². The zero-order valence-electron chi connectivity index (χ0n) is 13.9. The van der Waals surface area contributed by atoms with Crippen molar-refractivity contribution in [1.82, 2.24) is 13.9 Å². The van der Waals surface area contributed by atoms with Gasteiger partial charge in [0.1, 0.15) is 5.69 Å². The molecule has 8 heteroatoms. The average molecular weight is 371 g/mol. The molecule has 1 aliphatic heterocycles. The molecule has 134 valence electrons. The van der Waals surface area contributed by atoms with Crippen LogP contribution in [-0.2, 0) is 14.8 Å². The van der Waals surface area contributed by atoms with E-state index in [4.69, 9.17) is 4.74 Å². The van der Waals surface area contributed by atoms with Crippen molar-refractivity contribution in [2.45, 2.75) is 4.90 Å². The molecule has 0 spiro atoms. The standard InChI is InChI=1S/C18H17N3O4S/c22-18(20-9-11-25-12-10-20)16-13-14-5-4-8-19-17(14)21(16)26(23,24)15-6-2-1-3-7-15/h1-8,13H,9-12H2. The fraction of sp³-hybridized carbons (Fsp3) is 0.222. The maximum absolute atomic E-state index is 13.2. The van der Waals surface area contributed by atoms with Crippen molar-refractivity contribution < 1.29 is 17.9 Å². The number of fused-ring (bicyclic) bond motifs is 1. The molecule has 3 heterocycles. The number of hydrogen-bond donors (Lipinski definition) is 0. The molecule has 1 amide bonds. The first kappa shape index (κ1) is 16.7. The SMILES string of the molecule is O=C(c1cc2cccnc2n1S(=O)(=O)c1ccccc1)N1CCOCC1. The fourth-order valence-electron chi connectivity index (χ4n) is 3.03. The summed E-state index contributed by atoms with van der Waals surface area (Å²) in [4.78, 5) is 19.0. The molecule has 0 saturated carbocycles. The maximum atomic E-state index is 13.2. The Morgan fingerprint density at radius 1 is 1.04 bits per heavy atom. The van der Waals surface area contributed by atoms with E-state index in [1.165, 1.54) is 18.3 Å². The Morgan fingerprint density at radius 3 is 2.50 bits per heavy atom. The lowest BCUT2D eigenvalue weighted by Crippen LogP contribution is -2.41. The molecular formula is C18H17N3O4S. The number of benzene rings is 1. The molecule has 1 fully saturated rings. The zero-order valence-corrected chi connectivity index (χ0v) is 14.7. The minimum Gasteiger partial charge on any atom is -0.378 e. The van der Waals surface area contributed by atoms with Gasteiger partial charge in [0.25, 0.3) is 15.9 Å². The van der Waals surface area contributed by atoms with Crippen molar-refractivity contribution in [2.75, 3.05) is 26.3 Å². The van der Waals surface area contributed by atoms with Gasteiger partial charge in [0.15, 0.2) is 5.65 Å². The third kappa shape index (κ3) is 2.77. The Bertz CT molecular complexity index is 1050. The van der Waals surface area contributed by atoms with Gasteiger partial charge in [0.2, 0.25) is 0 Å². The Balaban J connectivity index is 1.91. The van der Waals surface area contributed by atoms with E-state index in [0.29, 0.717) is 31.7 Å². The Hall–Kier alpha value is -2.71. The van der Waals surface area contributed by atoms with Crippen LogP contribution in [0.25, 0.3) is 11.0 Å². The lowest BCUT2D eigenvalue weighted by atomic mass is 10.3. The van der Waals surface area contributed by atoms with Crippen molar-refractivity contribution in [1.29, 1.82) is 0 Å². The Labute approximate surface area is 150 Å². The van der Waals surface area contributed by atoms with Gasteiger partial charge < -0.3 is 9.64 Å². The minimum atomic E-state index is -3.96. The van der Waals surface area contributed by atoms with Gasteiger partial charge in [-0.1, -0.05) is 18.2 Å². The van der Waals surface area contributed by atoms with Gasteiger partial charge in [-0.2, -0.15) is 0 Å². The van der Waals surface area contributed by atoms with Crippen LogP contribution in [0.2, 0.25) is 0 Å². The van der Waals surface area contributed by atoms with Gasteiger partial charge in [-0.3, -0.25) is 4.79 Å². The molecule has 0 radical (unpaired) electrons. The number of morpholine rings is 1. The second-order valence-corrected chi connectivity index (χ2v) is 7.72. The topological polar surface area (TPSA) is 81.5 Å². The Morgan fingerprint density at radius 2 is 1.77 bits per heavy atom. The summed E-state index contributed by atoms with van der Waals surface area (Å²) in [7, 11) is -3.96. The summed E-state index contributed by atoms with van der Waals surface area (Å²) in [5, 5.41) is 0.601. The van der Waals surface area contributed by atoms with E-state index in [-0.39, 0.29) is 22.1 Å². The quantitative estimate of drug-likeness (QED) is 0.701. The van der Waals surface area contributed by atoms with Crippen LogP contribution in [0.5, 0.6) is 0 Å². The van der Waals surface area contributed by atoms with Crippen LogP contribution >= 0.6 is 0 Å². The Kier molecular flexibility index (Phi) is 4.21. The van der Waals surface area contributed by atoms with Crippen molar-refractivity contribution in [2.24, 2.45) is 0 Å². The van der Waals surface area contributed by atoms with Crippen LogP contribution in [0.3, 0.4) is 0 Å². The number of aromatic nitrogens is 2. The second-order valence-electron chi connectivity index (χ2n) is 5.93. The van der Waals surface area contributed by atoms with Crippen molar-refractivity contribution >= 4 is 27.0 Å². The van der Waals surface area contributed by atoms with Crippen LogP contribution in [0.1, 0.15) is 10.5 Å². The number of pyridine rings is 1. The molecule has 0 atom stereocenters. The van der Waals surface area contributed by atoms with Gasteiger partial charge in [-0.15, -0.1) is 0 Å². The highest BCUT2D eigenvalue weighted by Gasteiger charge is 2.30. The number of amides is 1. The summed E-state index contributed by atoms with van der Waals surface area (Å²) < 4.78 is 32.8. The third-order valence-corrected chi connectivity index (χ3v) is 6.04. The molecule has 0 N–H and O–H groups in total. The number of carbonyl (C=O) groups excluding carboxylic acids is 1.